The fraction of sp³-hybridized carbons (Fsp3) is 0.615. The van der Waals surface area contributed by atoms with Crippen molar-refractivity contribution >= 4 is 23.6 Å². The minimum Gasteiger partial charge on any atom is -0.467 e. The lowest BCUT2D eigenvalue weighted by Crippen LogP contribution is -2.48. The van der Waals surface area contributed by atoms with E-state index in [1.807, 2.05) is 26.8 Å². The van der Waals surface area contributed by atoms with Crippen LogP contribution in [0.25, 0.3) is 0 Å². The molecule has 2 aliphatic rings. The predicted octanol–water partition coefficient (Wildman–Crippen LogP) is 3.05. The zero-order valence-corrected chi connectivity index (χ0v) is 20.6. The van der Waals surface area contributed by atoms with Gasteiger partial charge in [-0.2, -0.15) is 0 Å². The number of esters is 2. The van der Waals surface area contributed by atoms with Crippen LogP contribution in [0.5, 0.6) is 0 Å². The number of Topliss-reactive ketones (excluding diaryl/α,β-unsaturated/α-hetero) is 1. The monoisotopic (exact) mass is 472 g/mol. The summed E-state index contributed by atoms with van der Waals surface area (Å²) >= 11 is 0. The molecule has 3 rings (SSSR count). The average Bonchev–Trinajstić information content (AvgIpc) is 3.46. The van der Waals surface area contributed by atoms with Gasteiger partial charge >= 0.3 is 11.9 Å². The van der Waals surface area contributed by atoms with Crippen LogP contribution in [0.3, 0.4) is 0 Å². The number of rotatable bonds is 8. The van der Waals surface area contributed by atoms with Crippen molar-refractivity contribution < 1.29 is 28.7 Å². The molecular formula is C26H36N2O6. The Morgan fingerprint density at radius 3 is 2.29 bits per heavy atom. The second kappa shape index (κ2) is 11.1. The molecular weight excluding hydrogens is 436 g/mol. The first-order valence-electron chi connectivity index (χ1n) is 12.0. The third-order valence-corrected chi connectivity index (χ3v) is 6.69. The molecule has 2 fully saturated rings. The first-order valence-corrected chi connectivity index (χ1v) is 12.0. The number of hydrogen-bond donors (Lipinski definition) is 0. The lowest BCUT2D eigenvalue weighted by atomic mass is 9.77. The maximum absolute atomic E-state index is 13.7. The number of ether oxygens (including phenoxy) is 2. The first kappa shape index (κ1) is 25.9. The van der Waals surface area contributed by atoms with E-state index in [4.69, 9.17) is 9.47 Å². The highest BCUT2D eigenvalue weighted by Crippen LogP contribution is 2.33. The van der Waals surface area contributed by atoms with Crippen molar-refractivity contribution in [2.45, 2.75) is 65.0 Å². The summed E-state index contributed by atoms with van der Waals surface area (Å²) in [5.74, 6) is -1.99. The van der Waals surface area contributed by atoms with Crippen molar-refractivity contribution in [2.24, 2.45) is 11.3 Å². The van der Waals surface area contributed by atoms with Gasteiger partial charge in [0.2, 0.25) is 5.91 Å². The van der Waals surface area contributed by atoms with Crippen LogP contribution in [0, 0.1) is 11.3 Å². The summed E-state index contributed by atoms with van der Waals surface area (Å²) in [5, 5.41) is 0. The molecule has 1 heterocycles. The normalized spacial score (nSPS) is 20.2. The molecule has 0 N–H and O–H groups in total. The van der Waals surface area contributed by atoms with Crippen LogP contribution >= 0.6 is 0 Å². The van der Waals surface area contributed by atoms with Gasteiger partial charge in [-0.3, -0.25) is 19.3 Å². The van der Waals surface area contributed by atoms with Gasteiger partial charge in [0.25, 0.3) is 0 Å². The molecule has 2 atom stereocenters. The molecule has 0 spiro atoms. The SMILES string of the molecule is COC(=O)[C@@H]1CN(CC(=O)c2ccccc2)CN1C(=O)[C@@H](CC(=O)OC1CCCC1)C(C)(C)C. The molecule has 1 aliphatic carbocycles. The van der Waals surface area contributed by atoms with Crippen molar-refractivity contribution in [3.63, 3.8) is 0 Å². The molecule has 0 unspecified atom stereocenters. The number of carbonyl (C=O) groups is 4. The number of methoxy groups -OCH3 is 1. The van der Waals surface area contributed by atoms with Crippen LogP contribution in [-0.4, -0.2) is 72.4 Å². The van der Waals surface area contributed by atoms with E-state index in [1.54, 1.807) is 29.2 Å². The molecule has 1 saturated heterocycles. The van der Waals surface area contributed by atoms with E-state index in [-0.39, 0.29) is 49.9 Å². The maximum Gasteiger partial charge on any atom is 0.329 e. The van der Waals surface area contributed by atoms with Gasteiger partial charge in [0.15, 0.2) is 5.78 Å². The van der Waals surface area contributed by atoms with Crippen molar-refractivity contribution in [1.82, 2.24) is 9.80 Å². The summed E-state index contributed by atoms with van der Waals surface area (Å²) in [6, 6.07) is 8.07. The van der Waals surface area contributed by atoms with E-state index < -0.39 is 23.3 Å². The molecule has 0 aromatic heterocycles. The third kappa shape index (κ3) is 6.44. The van der Waals surface area contributed by atoms with Crippen LogP contribution < -0.4 is 0 Å². The summed E-state index contributed by atoms with van der Waals surface area (Å²) in [6.45, 7) is 6.09. The zero-order chi connectivity index (χ0) is 24.9. The number of benzene rings is 1. The van der Waals surface area contributed by atoms with Gasteiger partial charge in [-0.15, -0.1) is 0 Å². The highest BCUT2D eigenvalue weighted by atomic mass is 16.5. The van der Waals surface area contributed by atoms with Crippen LogP contribution in [0.15, 0.2) is 30.3 Å². The molecule has 8 nitrogen and oxygen atoms in total. The lowest BCUT2D eigenvalue weighted by molar-refractivity contribution is -0.158. The summed E-state index contributed by atoms with van der Waals surface area (Å²) < 4.78 is 10.6. The second-order valence-electron chi connectivity index (χ2n) is 10.3. The zero-order valence-electron chi connectivity index (χ0n) is 20.6. The Morgan fingerprint density at radius 1 is 1.06 bits per heavy atom. The van der Waals surface area contributed by atoms with Crippen molar-refractivity contribution in [3.8, 4) is 0 Å². The third-order valence-electron chi connectivity index (χ3n) is 6.69. The van der Waals surface area contributed by atoms with E-state index in [0.717, 1.165) is 25.7 Å². The molecule has 1 amide bonds. The molecule has 1 saturated carbocycles. The summed E-state index contributed by atoms with van der Waals surface area (Å²) in [6.07, 6.45) is 3.70. The number of hydrogen-bond acceptors (Lipinski definition) is 7. The number of carbonyl (C=O) groups excluding carboxylic acids is 4. The summed E-state index contributed by atoms with van der Waals surface area (Å²) in [5.41, 5.74) is 0.0452. The van der Waals surface area contributed by atoms with Crippen LogP contribution in [0.4, 0.5) is 0 Å². The molecule has 8 heteroatoms. The quantitative estimate of drug-likeness (QED) is 0.424. The largest absolute Gasteiger partial charge is 0.467 e. The Balaban J connectivity index is 1.73. The van der Waals surface area contributed by atoms with Gasteiger partial charge < -0.3 is 14.4 Å². The van der Waals surface area contributed by atoms with Gasteiger partial charge in [0.05, 0.1) is 32.7 Å². The van der Waals surface area contributed by atoms with Crippen molar-refractivity contribution in [2.75, 3.05) is 26.9 Å². The number of amides is 1. The van der Waals surface area contributed by atoms with Crippen molar-refractivity contribution in [3.05, 3.63) is 35.9 Å². The van der Waals surface area contributed by atoms with Crippen LogP contribution in [-0.2, 0) is 23.9 Å². The van der Waals surface area contributed by atoms with Gasteiger partial charge in [-0.25, -0.2) is 4.79 Å². The highest BCUT2D eigenvalue weighted by Gasteiger charge is 2.45. The molecule has 0 bridgehead atoms. The molecule has 34 heavy (non-hydrogen) atoms. The molecule has 1 aromatic rings. The predicted molar refractivity (Wildman–Crippen MR) is 126 cm³/mol. The van der Waals surface area contributed by atoms with E-state index in [0.29, 0.717) is 5.56 Å². The lowest BCUT2D eigenvalue weighted by Gasteiger charge is -2.34. The Kier molecular flexibility index (Phi) is 8.47. The molecule has 1 aromatic carbocycles. The Hall–Kier alpha value is -2.74. The second-order valence-corrected chi connectivity index (χ2v) is 10.3. The fourth-order valence-corrected chi connectivity index (χ4v) is 4.68. The first-order chi connectivity index (χ1) is 16.1. The minimum atomic E-state index is -0.836. The number of ketones is 1. The fourth-order valence-electron chi connectivity index (χ4n) is 4.68. The topological polar surface area (TPSA) is 93.2 Å². The Morgan fingerprint density at radius 2 is 1.71 bits per heavy atom. The highest BCUT2D eigenvalue weighted by molar-refractivity contribution is 5.97. The van der Waals surface area contributed by atoms with Crippen LogP contribution in [0.2, 0.25) is 0 Å². The van der Waals surface area contributed by atoms with Gasteiger partial charge in [-0.1, -0.05) is 51.1 Å². The molecule has 0 radical (unpaired) electrons. The van der Waals surface area contributed by atoms with E-state index >= 15 is 0 Å². The summed E-state index contributed by atoms with van der Waals surface area (Å²) in [4.78, 5) is 54.8. The Labute approximate surface area is 201 Å². The summed E-state index contributed by atoms with van der Waals surface area (Å²) in [7, 11) is 1.28. The maximum atomic E-state index is 13.7. The van der Waals surface area contributed by atoms with Crippen LogP contribution in [0.1, 0.15) is 63.2 Å². The Bertz CT molecular complexity index is 888. The molecule has 1 aliphatic heterocycles. The molecule has 186 valence electrons. The van der Waals surface area contributed by atoms with E-state index in [9.17, 15) is 19.2 Å². The van der Waals surface area contributed by atoms with E-state index in [1.165, 1.54) is 12.0 Å². The van der Waals surface area contributed by atoms with Gasteiger partial charge in [0, 0.05) is 12.1 Å². The van der Waals surface area contributed by atoms with Gasteiger partial charge in [0.1, 0.15) is 12.1 Å². The van der Waals surface area contributed by atoms with Crippen molar-refractivity contribution in [1.29, 1.82) is 0 Å². The number of nitrogens with zero attached hydrogens (tertiary/aromatic N) is 2. The standard InChI is InChI=1S/C26H36N2O6/c1-26(2,3)20(14-23(30)34-19-12-8-9-13-19)24(31)28-17-27(15-21(28)25(32)33-4)16-22(29)18-10-6-5-7-11-18/h5-7,10-11,19-21H,8-9,12-17H2,1-4H3/t20-,21+/m1/s1. The van der Waals surface area contributed by atoms with E-state index in [2.05, 4.69) is 0 Å². The van der Waals surface area contributed by atoms with Gasteiger partial charge in [-0.05, 0) is 31.1 Å². The smallest absolute Gasteiger partial charge is 0.329 e. The minimum absolute atomic E-state index is 0.0494. The average molecular weight is 473 g/mol.